The molecule has 1 unspecified atom stereocenters. The topological polar surface area (TPSA) is 15.3 Å². The van der Waals surface area contributed by atoms with Crippen LogP contribution in [0.2, 0.25) is 0 Å². The van der Waals surface area contributed by atoms with Crippen LogP contribution in [0.3, 0.4) is 0 Å². The van der Waals surface area contributed by atoms with E-state index in [-0.39, 0.29) is 0 Å². The van der Waals surface area contributed by atoms with Crippen LogP contribution < -0.4 is 5.32 Å². The molecule has 0 saturated carbocycles. The number of rotatable bonds is 6. The predicted molar refractivity (Wildman–Crippen MR) is 66.0 cm³/mol. The third kappa shape index (κ3) is 3.65. The van der Waals surface area contributed by atoms with Crippen molar-refractivity contribution >= 4 is 0 Å². The summed E-state index contributed by atoms with van der Waals surface area (Å²) < 4.78 is 0. The Morgan fingerprint density at radius 3 is 2.47 bits per heavy atom. The molecule has 84 valence electrons. The van der Waals surface area contributed by atoms with Crippen LogP contribution in [0.4, 0.5) is 0 Å². The van der Waals surface area contributed by atoms with Gasteiger partial charge >= 0.3 is 0 Å². The highest BCUT2D eigenvalue weighted by atomic mass is 15.1. The van der Waals surface area contributed by atoms with Crippen molar-refractivity contribution in [3.05, 3.63) is 35.9 Å². The Morgan fingerprint density at radius 2 is 1.93 bits per heavy atom. The Balaban J connectivity index is 2.73. The monoisotopic (exact) mass is 206 g/mol. The number of nitrogens with one attached hydrogen (secondary N) is 1. The number of benzene rings is 1. The fourth-order valence-electron chi connectivity index (χ4n) is 1.91. The number of nitrogens with zero attached hydrogens (tertiary/aromatic N) is 1. The lowest BCUT2D eigenvalue weighted by Gasteiger charge is -2.28. The summed E-state index contributed by atoms with van der Waals surface area (Å²) in [5.74, 6) is 0. The average molecular weight is 206 g/mol. The van der Waals surface area contributed by atoms with Crippen molar-refractivity contribution in [3.63, 3.8) is 0 Å². The summed E-state index contributed by atoms with van der Waals surface area (Å²) in [5.41, 5.74) is 1.39. The molecular formula is C13H22N2. The molecular weight excluding hydrogens is 184 g/mol. The molecule has 1 aromatic carbocycles. The molecule has 0 aromatic heterocycles. The predicted octanol–water partition coefficient (Wildman–Crippen LogP) is 2.29. The van der Waals surface area contributed by atoms with Crippen LogP contribution >= 0.6 is 0 Å². The van der Waals surface area contributed by atoms with Crippen LogP contribution in [0.5, 0.6) is 0 Å². The Bertz CT molecular complexity index is 258. The average Bonchev–Trinajstić information content (AvgIpc) is 2.27. The first-order valence-corrected chi connectivity index (χ1v) is 5.69. The first kappa shape index (κ1) is 12.2. The molecule has 0 fully saturated rings. The molecule has 2 heteroatoms. The van der Waals surface area contributed by atoms with Gasteiger partial charge in [0.25, 0.3) is 0 Å². The highest BCUT2D eigenvalue weighted by molar-refractivity contribution is 5.19. The number of hydrogen-bond acceptors (Lipinski definition) is 2. The maximum Gasteiger partial charge on any atom is 0.0469 e. The van der Waals surface area contributed by atoms with Crippen molar-refractivity contribution in [3.8, 4) is 0 Å². The second-order valence-corrected chi connectivity index (χ2v) is 3.96. The molecule has 0 heterocycles. The molecule has 2 nitrogen and oxygen atoms in total. The Morgan fingerprint density at radius 1 is 1.27 bits per heavy atom. The van der Waals surface area contributed by atoms with Crippen LogP contribution in [-0.4, -0.2) is 32.1 Å². The van der Waals surface area contributed by atoms with Gasteiger partial charge in [0.1, 0.15) is 0 Å². The lowest BCUT2D eigenvalue weighted by atomic mass is 10.1. The van der Waals surface area contributed by atoms with Crippen molar-refractivity contribution < 1.29 is 0 Å². The van der Waals surface area contributed by atoms with Crippen molar-refractivity contribution in [2.24, 2.45) is 0 Å². The second-order valence-electron chi connectivity index (χ2n) is 3.96. The SMILES string of the molecule is CCCN(C)C(CNC)c1ccccc1. The van der Waals surface area contributed by atoms with Gasteiger partial charge in [-0.1, -0.05) is 37.3 Å². The van der Waals surface area contributed by atoms with Gasteiger partial charge in [0, 0.05) is 12.6 Å². The molecule has 1 N–H and O–H groups in total. The van der Waals surface area contributed by atoms with E-state index >= 15 is 0 Å². The molecule has 1 rings (SSSR count). The molecule has 15 heavy (non-hydrogen) atoms. The molecule has 1 aromatic rings. The zero-order chi connectivity index (χ0) is 11.1. The fourth-order valence-corrected chi connectivity index (χ4v) is 1.91. The smallest absolute Gasteiger partial charge is 0.0469 e. The first-order chi connectivity index (χ1) is 7.29. The van der Waals surface area contributed by atoms with Crippen LogP contribution in [-0.2, 0) is 0 Å². The third-order valence-corrected chi connectivity index (χ3v) is 2.69. The summed E-state index contributed by atoms with van der Waals surface area (Å²) in [6, 6.07) is 11.2. The van der Waals surface area contributed by atoms with Gasteiger partial charge < -0.3 is 5.32 Å². The summed E-state index contributed by atoms with van der Waals surface area (Å²) in [7, 11) is 4.20. The van der Waals surface area contributed by atoms with Crippen molar-refractivity contribution in [1.82, 2.24) is 10.2 Å². The minimum absolute atomic E-state index is 0.483. The zero-order valence-corrected chi connectivity index (χ0v) is 10.0. The highest BCUT2D eigenvalue weighted by Gasteiger charge is 2.14. The quantitative estimate of drug-likeness (QED) is 0.768. The molecule has 0 aliphatic carbocycles. The minimum Gasteiger partial charge on any atom is -0.318 e. The second kappa shape index (κ2) is 6.59. The zero-order valence-electron chi connectivity index (χ0n) is 10.0. The van der Waals surface area contributed by atoms with E-state index in [0.29, 0.717) is 6.04 Å². The molecule has 0 bridgehead atoms. The summed E-state index contributed by atoms with van der Waals surface area (Å²) in [6.45, 7) is 4.36. The van der Waals surface area contributed by atoms with Gasteiger partial charge in [-0.3, -0.25) is 4.90 Å². The van der Waals surface area contributed by atoms with Crippen molar-refractivity contribution in [2.45, 2.75) is 19.4 Å². The van der Waals surface area contributed by atoms with Gasteiger partial charge in [-0.2, -0.15) is 0 Å². The van der Waals surface area contributed by atoms with E-state index in [4.69, 9.17) is 0 Å². The maximum atomic E-state index is 3.26. The van der Waals surface area contributed by atoms with Crippen LogP contribution in [0.1, 0.15) is 24.9 Å². The van der Waals surface area contributed by atoms with Crippen molar-refractivity contribution in [2.75, 3.05) is 27.2 Å². The van der Waals surface area contributed by atoms with Gasteiger partial charge in [0.05, 0.1) is 0 Å². The van der Waals surface area contributed by atoms with Crippen LogP contribution in [0.25, 0.3) is 0 Å². The Kier molecular flexibility index (Phi) is 5.37. The normalized spacial score (nSPS) is 13.1. The van der Waals surface area contributed by atoms with E-state index in [1.54, 1.807) is 0 Å². The van der Waals surface area contributed by atoms with Gasteiger partial charge in [-0.25, -0.2) is 0 Å². The van der Waals surface area contributed by atoms with Gasteiger partial charge in [-0.15, -0.1) is 0 Å². The van der Waals surface area contributed by atoms with Gasteiger partial charge in [0.15, 0.2) is 0 Å². The maximum absolute atomic E-state index is 3.26. The molecule has 0 aliphatic heterocycles. The molecule has 0 saturated heterocycles. The van der Waals surface area contributed by atoms with E-state index in [1.165, 1.54) is 12.0 Å². The van der Waals surface area contributed by atoms with E-state index in [2.05, 4.69) is 54.5 Å². The van der Waals surface area contributed by atoms with Crippen LogP contribution in [0.15, 0.2) is 30.3 Å². The molecule has 0 aliphatic rings. The first-order valence-electron chi connectivity index (χ1n) is 5.69. The summed E-state index contributed by atoms with van der Waals surface area (Å²) in [5, 5.41) is 3.26. The molecule has 0 radical (unpaired) electrons. The minimum atomic E-state index is 0.483. The fraction of sp³-hybridized carbons (Fsp3) is 0.538. The molecule has 0 amide bonds. The van der Waals surface area contributed by atoms with E-state index in [9.17, 15) is 0 Å². The number of likely N-dealkylation sites (N-methyl/N-ethyl adjacent to an activating group) is 2. The summed E-state index contributed by atoms with van der Waals surface area (Å²) in [6.07, 6.45) is 1.20. The third-order valence-electron chi connectivity index (χ3n) is 2.69. The van der Waals surface area contributed by atoms with Gasteiger partial charge in [-0.05, 0) is 32.6 Å². The standard InChI is InChI=1S/C13H22N2/c1-4-10-15(3)13(11-14-2)12-8-6-5-7-9-12/h5-9,13-14H,4,10-11H2,1-3H3. The van der Waals surface area contributed by atoms with Crippen molar-refractivity contribution in [1.29, 1.82) is 0 Å². The lowest BCUT2D eigenvalue weighted by molar-refractivity contribution is 0.242. The van der Waals surface area contributed by atoms with E-state index in [0.717, 1.165) is 13.1 Å². The largest absolute Gasteiger partial charge is 0.318 e. The Labute approximate surface area is 93.3 Å². The number of hydrogen-bond donors (Lipinski definition) is 1. The highest BCUT2D eigenvalue weighted by Crippen LogP contribution is 2.18. The molecule has 1 atom stereocenters. The van der Waals surface area contributed by atoms with E-state index in [1.807, 2.05) is 7.05 Å². The van der Waals surface area contributed by atoms with Crippen LogP contribution in [0, 0.1) is 0 Å². The summed E-state index contributed by atoms with van der Waals surface area (Å²) in [4.78, 5) is 2.41. The van der Waals surface area contributed by atoms with Gasteiger partial charge in [0.2, 0.25) is 0 Å². The van der Waals surface area contributed by atoms with E-state index < -0.39 is 0 Å². The molecule has 0 spiro atoms. The summed E-state index contributed by atoms with van der Waals surface area (Å²) >= 11 is 0. The lowest BCUT2D eigenvalue weighted by Crippen LogP contribution is -2.32. The Hall–Kier alpha value is -0.860.